The molecule has 0 atom stereocenters. The first kappa shape index (κ1) is 20.1. The largest absolute Gasteiger partial charge is 0.508 e. The highest BCUT2D eigenvalue weighted by atomic mass is 19.1. The first-order chi connectivity index (χ1) is 13.9. The Morgan fingerprint density at radius 1 is 1.00 bits per heavy atom. The van der Waals surface area contributed by atoms with E-state index >= 15 is 0 Å². The number of esters is 2. The van der Waals surface area contributed by atoms with Gasteiger partial charge in [-0.2, -0.15) is 0 Å². The Morgan fingerprint density at radius 2 is 1.59 bits per heavy atom. The van der Waals surface area contributed by atoms with Crippen LogP contribution in [0.25, 0.3) is 0 Å². The van der Waals surface area contributed by atoms with Gasteiger partial charge in [0.25, 0.3) is 0 Å². The van der Waals surface area contributed by atoms with Gasteiger partial charge in [0, 0.05) is 18.9 Å². The van der Waals surface area contributed by atoms with E-state index in [2.05, 4.69) is 0 Å². The zero-order valence-corrected chi connectivity index (χ0v) is 16.0. The van der Waals surface area contributed by atoms with Gasteiger partial charge in [0.05, 0.1) is 31.3 Å². The Bertz CT molecular complexity index is 947. The maximum atomic E-state index is 13.2. The Hall–Kier alpha value is -3.61. The van der Waals surface area contributed by atoms with Crippen LogP contribution in [0, 0.1) is 5.82 Å². The third-order valence-electron chi connectivity index (χ3n) is 4.56. The molecule has 0 radical (unpaired) electrons. The lowest BCUT2D eigenvalue weighted by atomic mass is 9.83. The number of aromatic hydroxyl groups is 1. The predicted molar refractivity (Wildman–Crippen MR) is 103 cm³/mol. The summed E-state index contributed by atoms with van der Waals surface area (Å²) in [7, 11) is 2.51. The van der Waals surface area contributed by atoms with E-state index in [9.17, 15) is 19.1 Å². The summed E-state index contributed by atoms with van der Waals surface area (Å²) >= 11 is 0. The fourth-order valence-corrected chi connectivity index (χ4v) is 3.24. The maximum Gasteiger partial charge on any atom is 0.336 e. The van der Waals surface area contributed by atoms with E-state index in [0.29, 0.717) is 12.1 Å². The molecule has 0 unspecified atom stereocenters. The van der Waals surface area contributed by atoms with Crippen LogP contribution in [0.2, 0.25) is 0 Å². The van der Waals surface area contributed by atoms with Crippen LogP contribution >= 0.6 is 0 Å². The number of phenols is 1. The first-order valence-electron chi connectivity index (χ1n) is 8.82. The summed E-state index contributed by atoms with van der Waals surface area (Å²) in [6.07, 6.45) is 3.16. The van der Waals surface area contributed by atoms with Crippen LogP contribution in [0.15, 0.2) is 72.1 Å². The third kappa shape index (κ3) is 4.45. The molecule has 0 saturated carbocycles. The lowest BCUT2D eigenvalue weighted by Crippen LogP contribution is -2.28. The zero-order valence-electron chi connectivity index (χ0n) is 16.0. The standard InChI is InChI=1S/C22H20FNO5/c1-28-21(26)18-12-24(11-14-6-8-16(23)9-7-14)13-19(22(27)29-2)20(18)15-4-3-5-17(25)10-15/h3-10,12-13,20,25H,11H2,1-2H3. The van der Waals surface area contributed by atoms with E-state index in [-0.39, 0.29) is 22.7 Å². The normalized spacial score (nSPS) is 14.1. The second kappa shape index (κ2) is 8.60. The Balaban J connectivity index is 2.07. The predicted octanol–water partition coefficient (Wildman–Crippen LogP) is 3.24. The molecular weight excluding hydrogens is 377 g/mol. The monoisotopic (exact) mass is 397 g/mol. The van der Waals surface area contributed by atoms with E-state index < -0.39 is 17.9 Å². The topological polar surface area (TPSA) is 76.1 Å². The quantitative estimate of drug-likeness (QED) is 0.781. The highest BCUT2D eigenvalue weighted by Gasteiger charge is 2.35. The second-order valence-electron chi connectivity index (χ2n) is 6.48. The van der Waals surface area contributed by atoms with Crippen molar-refractivity contribution in [1.29, 1.82) is 0 Å². The van der Waals surface area contributed by atoms with Crippen LogP contribution in [0.5, 0.6) is 5.75 Å². The van der Waals surface area contributed by atoms with Crippen LogP contribution in [0.4, 0.5) is 4.39 Å². The molecule has 1 heterocycles. The average Bonchev–Trinajstić information content (AvgIpc) is 2.73. The number of carbonyl (C=O) groups is 2. The van der Waals surface area contributed by atoms with Crippen molar-refractivity contribution in [3.8, 4) is 5.75 Å². The van der Waals surface area contributed by atoms with Gasteiger partial charge in [-0.05, 0) is 35.4 Å². The van der Waals surface area contributed by atoms with Crippen LogP contribution in [0.1, 0.15) is 17.0 Å². The van der Waals surface area contributed by atoms with Gasteiger partial charge in [0.1, 0.15) is 11.6 Å². The number of halogens is 1. The van der Waals surface area contributed by atoms with Crippen LogP contribution in [-0.2, 0) is 25.6 Å². The summed E-state index contributed by atoms with van der Waals surface area (Å²) in [6, 6.07) is 12.2. The molecule has 0 aliphatic carbocycles. The van der Waals surface area contributed by atoms with Crippen molar-refractivity contribution in [3.63, 3.8) is 0 Å². The molecule has 29 heavy (non-hydrogen) atoms. The molecule has 1 aliphatic rings. The van der Waals surface area contributed by atoms with Crippen molar-refractivity contribution in [2.75, 3.05) is 14.2 Å². The highest BCUT2D eigenvalue weighted by Crippen LogP contribution is 2.38. The van der Waals surface area contributed by atoms with Gasteiger partial charge in [-0.1, -0.05) is 24.3 Å². The van der Waals surface area contributed by atoms with Gasteiger partial charge in [-0.3, -0.25) is 0 Å². The maximum absolute atomic E-state index is 13.2. The molecule has 150 valence electrons. The summed E-state index contributed by atoms with van der Waals surface area (Å²) in [5.74, 6) is -2.35. The Morgan fingerprint density at radius 3 is 2.10 bits per heavy atom. The Kier molecular flexibility index (Phi) is 5.97. The number of phenolic OH excluding ortho intramolecular Hbond substituents is 1. The molecule has 7 heteroatoms. The lowest BCUT2D eigenvalue weighted by molar-refractivity contribution is -0.137. The number of nitrogens with zero attached hydrogens (tertiary/aromatic N) is 1. The van der Waals surface area contributed by atoms with E-state index in [1.54, 1.807) is 41.6 Å². The molecule has 0 aromatic heterocycles. The van der Waals surface area contributed by atoms with Crippen molar-refractivity contribution in [2.24, 2.45) is 0 Å². The van der Waals surface area contributed by atoms with Crippen LogP contribution in [0.3, 0.4) is 0 Å². The van der Waals surface area contributed by atoms with Crippen molar-refractivity contribution < 1.29 is 28.6 Å². The molecule has 1 N–H and O–H groups in total. The van der Waals surface area contributed by atoms with Gasteiger partial charge in [-0.25, -0.2) is 14.0 Å². The molecular formula is C22H20FNO5. The molecule has 0 amide bonds. The van der Waals surface area contributed by atoms with Gasteiger partial charge in [0.15, 0.2) is 0 Å². The van der Waals surface area contributed by atoms with Crippen molar-refractivity contribution in [1.82, 2.24) is 4.90 Å². The van der Waals surface area contributed by atoms with Crippen molar-refractivity contribution >= 4 is 11.9 Å². The minimum atomic E-state index is -0.772. The molecule has 1 aliphatic heterocycles. The number of hydrogen-bond acceptors (Lipinski definition) is 6. The summed E-state index contributed by atoms with van der Waals surface area (Å²) in [6.45, 7) is 0.300. The van der Waals surface area contributed by atoms with E-state index in [4.69, 9.17) is 9.47 Å². The second-order valence-corrected chi connectivity index (χ2v) is 6.48. The fraction of sp³-hybridized carbons (Fsp3) is 0.182. The summed E-state index contributed by atoms with van der Waals surface area (Å²) in [5, 5.41) is 9.86. The molecule has 0 bridgehead atoms. The summed E-state index contributed by atoms with van der Waals surface area (Å²) < 4.78 is 23.0. The minimum Gasteiger partial charge on any atom is -0.508 e. The lowest BCUT2D eigenvalue weighted by Gasteiger charge is -2.30. The highest BCUT2D eigenvalue weighted by molar-refractivity contribution is 5.98. The number of ether oxygens (including phenoxy) is 2. The van der Waals surface area contributed by atoms with Crippen LogP contribution in [-0.4, -0.2) is 36.2 Å². The number of methoxy groups -OCH3 is 2. The van der Waals surface area contributed by atoms with Gasteiger partial charge >= 0.3 is 11.9 Å². The molecule has 3 rings (SSSR count). The van der Waals surface area contributed by atoms with Gasteiger partial charge < -0.3 is 19.5 Å². The zero-order chi connectivity index (χ0) is 21.0. The molecule has 0 saturated heterocycles. The summed E-state index contributed by atoms with van der Waals surface area (Å²) in [5.41, 5.74) is 1.74. The van der Waals surface area contributed by atoms with Crippen molar-refractivity contribution in [2.45, 2.75) is 12.5 Å². The molecule has 0 fully saturated rings. The molecule has 2 aromatic rings. The van der Waals surface area contributed by atoms with E-state index in [0.717, 1.165) is 5.56 Å². The molecule has 6 nitrogen and oxygen atoms in total. The van der Waals surface area contributed by atoms with E-state index in [1.807, 2.05) is 0 Å². The fourth-order valence-electron chi connectivity index (χ4n) is 3.24. The van der Waals surface area contributed by atoms with Gasteiger partial charge in [-0.15, -0.1) is 0 Å². The van der Waals surface area contributed by atoms with E-state index in [1.165, 1.54) is 38.5 Å². The number of hydrogen-bond donors (Lipinski definition) is 1. The van der Waals surface area contributed by atoms with Gasteiger partial charge in [0.2, 0.25) is 0 Å². The first-order valence-corrected chi connectivity index (χ1v) is 8.82. The Labute approximate surface area is 167 Å². The molecule has 2 aromatic carbocycles. The summed E-state index contributed by atoms with van der Waals surface area (Å²) in [4.78, 5) is 26.7. The number of carbonyl (C=O) groups excluding carboxylic acids is 2. The SMILES string of the molecule is COC(=O)C1=CN(Cc2ccc(F)cc2)C=C(C(=O)OC)C1c1cccc(O)c1. The number of benzene rings is 2. The smallest absolute Gasteiger partial charge is 0.336 e. The third-order valence-corrected chi connectivity index (χ3v) is 4.56. The number of rotatable bonds is 5. The van der Waals surface area contributed by atoms with Crippen molar-refractivity contribution in [3.05, 3.63) is 89.0 Å². The molecule has 0 spiro atoms. The minimum absolute atomic E-state index is 0.00433. The van der Waals surface area contributed by atoms with Crippen LogP contribution < -0.4 is 0 Å². The average molecular weight is 397 g/mol.